The zero-order chi connectivity index (χ0) is 10.3. The van der Waals surface area contributed by atoms with E-state index in [0.717, 1.165) is 0 Å². The van der Waals surface area contributed by atoms with Crippen molar-refractivity contribution < 1.29 is 26.7 Å². The van der Waals surface area contributed by atoms with E-state index in [9.17, 15) is 26.7 Å². The number of carbonyl (C=O) groups is 1. The van der Waals surface area contributed by atoms with Gasteiger partial charge in [-0.05, 0) is 6.42 Å². The Morgan fingerprint density at radius 1 is 1.15 bits per heavy atom. The van der Waals surface area contributed by atoms with Gasteiger partial charge in [-0.3, -0.25) is 9.69 Å². The van der Waals surface area contributed by atoms with E-state index >= 15 is 0 Å². The summed E-state index contributed by atoms with van der Waals surface area (Å²) in [7, 11) is 0. The second-order valence-corrected chi connectivity index (χ2v) is 2.69. The zero-order valence-electron chi connectivity index (χ0n) is 6.37. The topological polar surface area (TPSA) is 20.3 Å². The van der Waals surface area contributed by atoms with Crippen LogP contribution in [0.25, 0.3) is 0 Å². The van der Waals surface area contributed by atoms with Gasteiger partial charge in [0.15, 0.2) is 0 Å². The average Bonchev–Trinajstić information content (AvgIpc) is 2.32. The molecule has 0 aromatic rings. The maximum atomic E-state index is 12.5. The molecule has 1 fully saturated rings. The lowest BCUT2D eigenvalue weighted by Crippen LogP contribution is -2.52. The van der Waals surface area contributed by atoms with Gasteiger partial charge in [-0.2, -0.15) is 22.0 Å². The molecule has 2 nitrogen and oxygen atoms in total. The first kappa shape index (κ1) is 10.2. The third kappa shape index (κ3) is 1.59. The van der Waals surface area contributed by atoms with E-state index in [-0.39, 0.29) is 12.8 Å². The molecule has 0 spiro atoms. The molecule has 1 saturated heterocycles. The molecule has 0 aliphatic carbocycles. The number of nitrogens with zero attached hydrogens (tertiary/aromatic N) is 1. The summed E-state index contributed by atoms with van der Waals surface area (Å²) in [6.45, 7) is -0.536. The fourth-order valence-electron chi connectivity index (χ4n) is 1.10. The van der Waals surface area contributed by atoms with Crippen LogP contribution in [0.4, 0.5) is 22.0 Å². The Hall–Kier alpha value is -0.880. The summed E-state index contributed by atoms with van der Waals surface area (Å²) in [5, 5.41) is 0. The lowest BCUT2D eigenvalue weighted by Gasteiger charge is -2.28. The van der Waals surface area contributed by atoms with Gasteiger partial charge in [0, 0.05) is 13.0 Å². The Balaban J connectivity index is 2.86. The number of carbonyl (C=O) groups excluding carboxylic acids is 1. The first-order valence-electron chi connectivity index (χ1n) is 3.52. The lowest BCUT2D eigenvalue weighted by atomic mass is 10.4. The van der Waals surface area contributed by atoms with Crippen LogP contribution < -0.4 is 0 Å². The Labute approximate surface area is 70.3 Å². The maximum absolute atomic E-state index is 12.5. The largest absolute Gasteiger partial charge is 0.475 e. The van der Waals surface area contributed by atoms with Crippen LogP contribution in [-0.2, 0) is 4.79 Å². The number of amides is 1. The van der Waals surface area contributed by atoms with E-state index in [2.05, 4.69) is 0 Å². The molecule has 0 radical (unpaired) electrons. The standard InChI is InChI=1S/C6H6F5NO/c7-5(8,9)6(10,11)12-3-1-2-4(12)13/h1-3H2. The van der Waals surface area contributed by atoms with Gasteiger partial charge in [0.2, 0.25) is 5.91 Å². The highest BCUT2D eigenvalue weighted by Gasteiger charge is 2.63. The third-order valence-electron chi connectivity index (χ3n) is 1.75. The van der Waals surface area contributed by atoms with Crippen LogP contribution in [0.15, 0.2) is 0 Å². The van der Waals surface area contributed by atoms with Crippen molar-refractivity contribution in [2.75, 3.05) is 6.54 Å². The molecular weight excluding hydrogens is 197 g/mol. The third-order valence-corrected chi connectivity index (χ3v) is 1.75. The fraction of sp³-hybridized carbons (Fsp3) is 0.833. The number of likely N-dealkylation sites (tertiary alicyclic amines) is 1. The highest BCUT2D eigenvalue weighted by atomic mass is 19.4. The summed E-state index contributed by atoms with van der Waals surface area (Å²) in [6.07, 6.45) is -5.89. The van der Waals surface area contributed by atoms with E-state index < -0.39 is 29.6 Å². The van der Waals surface area contributed by atoms with Gasteiger partial charge in [-0.15, -0.1) is 0 Å². The molecule has 1 rings (SSSR count). The molecule has 1 amide bonds. The summed E-state index contributed by atoms with van der Waals surface area (Å²) in [5.41, 5.74) is 0. The van der Waals surface area contributed by atoms with Crippen LogP contribution in [-0.4, -0.2) is 29.6 Å². The van der Waals surface area contributed by atoms with Crippen molar-refractivity contribution in [3.05, 3.63) is 0 Å². The molecule has 1 aliphatic heterocycles. The first-order valence-corrected chi connectivity index (χ1v) is 3.52. The monoisotopic (exact) mass is 203 g/mol. The molecule has 0 N–H and O–H groups in total. The number of hydrogen-bond acceptors (Lipinski definition) is 1. The van der Waals surface area contributed by atoms with Gasteiger partial charge >= 0.3 is 12.2 Å². The van der Waals surface area contributed by atoms with Gasteiger partial charge in [-0.25, -0.2) is 0 Å². The Morgan fingerprint density at radius 2 is 1.69 bits per heavy atom. The normalized spacial score (nSPS) is 19.8. The zero-order valence-corrected chi connectivity index (χ0v) is 6.37. The van der Waals surface area contributed by atoms with Crippen LogP contribution >= 0.6 is 0 Å². The van der Waals surface area contributed by atoms with Crippen molar-refractivity contribution in [3.8, 4) is 0 Å². The summed E-state index contributed by atoms with van der Waals surface area (Å²) in [4.78, 5) is 10.2. The molecule has 76 valence electrons. The number of alkyl halides is 5. The summed E-state index contributed by atoms with van der Waals surface area (Å²) in [6, 6.07) is -5.03. The molecule has 0 bridgehead atoms. The lowest BCUT2D eigenvalue weighted by molar-refractivity contribution is -0.330. The molecule has 0 saturated carbocycles. The summed E-state index contributed by atoms with van der Waals surface area (Å²) < 4.78 is 60.1. The molecular formula is C6H6F5NO. The molecule has 0 atom stereocenters. The minimum atomic E-state index is -5.69. The van der Waals surface area contributed by atoms with Crippen molar-refractivity contribution >= 4 is 5.91 Å². The van der Waals surface area contributed by atoms with Crippen molar-refractivity contribution in [3.63, 3.8) is 0 Å². The highest BCUT2D eigenvalue weighted by molar-refractivity contribution is 5.78. The first-order chi connectivity index (χ1) is 5.77. The van der Waals surface area contributed by atoms with Crippen LogP contribution in [0, 0.1) is 0 Å². The van der Waals surface area contributed by atoms with E-state index in [0.29, 0.717) is 0 Å². The molecule has 0 aromatic carbocycles. The molecule has 1 aliphatic rings. The second kappa shape index (κ2) is 2.81. The predicted molar refractivity (Wildman–Crippen MR) is 31.9 cm³/mol. The van der Waals surface area contributed by atoms with Gasteiger partial charge < -0.3 is 0 Å². The Bertz CT molecular complexity index is 224. The van der Waals surface area contributed by atoms with E-state index in [4.69, 9.17) is 0 Å². The Kier molecular flexibility index (Phi) is 2.21. The smallest absolute Gasteiger partial charge is 0.276 e. The summed E-state index contributed by atoms with van der Waals surface area (Å²) in [5.74, 6) is -1.15. The minimum absolute atomic E-state index is 0.0461. The van der Waals surface area contributed by atoms with Crippen LogP contribution in [0.2, 0.25) is 0 Å². The van der Waals surface area contributed by atoms with E-state index in [1.54, 1.807) is 0 Å². The van der Waals surface area contributed by atoms with Crippen molar-refractivity contribution in [1.82, 2.24) is 4.90 Å². The number of rotatable bonds is 1. The average molecular weight is 203 g/mol. The second-order valence-electron chi connectivity index (χ2n) is 2.69. The number of halogens is 5. The van der Waals surface area contributed by atoms with Crippen LogP contribution in [0.5, 0.6) is 0 Å². The molecule has 0 unspecified atom stereocenters. The van der Waals surface area contributed by atoms with Gasteiger partial charge in [0.25, 0.3) is 0 Å². The van der Waals surface area contributed by atoms with Gasteiger partial charge in [-0.1, -0.05) is 0 Å². The van der Waals surface area contributed by atoms with E-state index in [1.807, 2.05) is 0 Å². The van der Waals surface area contributed by atoms with Gasteiger partial charge in [0.1, 0.15) is 0 Å². The molecule has 13 heavy (non-hydrogen) atoms. The molecule has 1 heterocycles. The minimum Gasteiger partial charge on any atom is -0.276 e. The molecule has 0 aromatic heterocycles. The predicted octanol–water partition coefficient (Wildman–Crippen LogP) is 1.76. The fourth-order valence-corrected chi connectivity index (χ4v) is 1.10. The van der Waals surface area contributed by atoms with Gasteiger partial charge in [0.05, 0.1) is 0 Å². The number of hydrogen-bond donors (Lipinski definition) is 0. The van der Waals surface area contributed by atoms with Crippen LogP contribution in [0.3, 0.4) is 0 Å². The Morgan fingerprint density at radius 3 is 2.00 bits per heavy atom. The quantitative estimate of drug-likeness (QED) is 0.469. The van der Waals surface area contributed by atoms with Crippen molar-refractivity contribution in [2.45, 2.75) is 25.1 Å². The van der Waals surface area contributed by atoms with Crippen molar-refractivity contribution in [2.24, 2.45) is 0 Å². The SMILES string of the molecule is O=C1CCCN1C(F)(F)C(F)(F)F. The molecule has 7 heteroatoms. The van der Waals surface area contributed by atoms with E-state index in [1.165, 1.54) is 0 Å². The van der Waals surface area contributed by atoms with Crippen LogP contribution in [0.1, 0.15) is 12.8 Å². The maximum Gasteiger partial charge on any atom is 0.475 e. The highest BCUT2D eigenvalue weighted by Crippen LogP contribution is 2.40. The summed E-state index contributed by atoms with van der Waals surface area (Å²) >= 11 is 0. The van der Waals surface area contributed by atoms with Crippen molar-refractivity contribution in [1.29, 1.82) is 0 Å².